The number of aromatic hydroxyl groups is 2. The van der Waals surface area contributed by atoms with Crippen molar-refractivity contribution in [1.82, 2.24) is 14.8 Å². The highest BCUT2D eigenvalue weighted by Crippen LogP contribution is 2.34. The van der Waals surface area contributed by atoms with E-state index in [2.05, 4.69) is 10.1 Å². The number of hydrogen-bond donors (Lipinski definition) is 3. The lowest BCUT2D eigenvalue weighted by Crippen LogP contribution is -2.12. The number of pyridine rings is 1. The van der Waals surface area contributed by atoms with Crippen molar-refractivity contribution in [3.8, 4) is 22.8 Å². The molecule has 0 aliphatic carbocycles. The summed E-state index contributed by atoms with van der Waals surface area (Å²) < 4.78 is 39.8. The van der Waals surface area contributed by atoms with Gasteiger partial charge in [-0.3, -0.25) is 9.48 Å². The van der Waals surface area contributed by atoms with Gasteiger partial charge in [0.2, 0.25) is 5.43 Å². The van der Waals surface area contributed by atoms with Gasteiger partial charge in [0.1, 0.15) is 16.8 Å². The zero-order chi connectivity index (χ0) is 16.9. The van der Waals surface area contributed by atoms with Crippen molar-refractivity contribution in [1.29, 1.82) is 0 Å². The van der Waals surface area contributed by atoms with Crippen LogP contribution in [0, 0.1) is 0 Å². The minimum absolute atomic E-state index is 0.0310. The first kappa shape index (κ1) is 14.9. The maximum absolute atomic E-state index is 13.0. The number of alkyl halides is 3. The predicted octanol–water partition coefficient (Wildman–Crippen LogP) is 2.36. The minimum atomic E-state index is -4.82. The van der Waals surface area contributed by atoms with Crippen molar-refractivity contribution >= 4 is 11.0 Å². The highest BCUT2D eigenvalue weighted by molar-refractivity contribution is 5.85. The highest BCUT2D eigenvalue weighted by atomic mass is 19.4. The standard InChI is InChI=1S/C14H10F3N3O3/c1-20-13-8(12(19-20)14(15,16)17)10(22)11(23)9(18-13)6-2-4-7(21)5-3-6/h2-5,21,23H,1H3,(H,18,22). The van der Waals surface area contributed by atoms with Crippen molar-refractivity contribution in [2.45, 2.75) is 6.18 Å². The van der Waals surface area contributed by atoms with Gasteiger partial charge in [-0.25, -0.2) is 0 Å². The fourth-order valence-electron chi connectivity index (χ4n) is 2.33. The lowest BCUT2D eigenvalue weighted by Gasteiger charge is -2.07. The Labute approximate surface area is 126 Å². The van der Waals surface area contributed by atoms with E-state index in [9.17, 15) is 28.2 Å². The Morgan fingerprint density at radius 3 is 2.35 bits per heavy atom. The largest absolute Gasteiger partial charge is 0.508 e. The molecule has 0 radical (unpaired) electrons. The Balaban J connectivity index is 2.37. The smallest absolute Gasteiger partial charge is 0.435 e. The molecule has 3 aromatic rings. The second-order valence-electron chi connectivity index (χ2n) is 4.92. The molecule has 1 aromatic carbocycles. The van der Waals surface area contributed by atoms with E-state index in [0.29, 0.717) is 5.56 Å². The van der Waals surface area contributed by atoms with Crippen molar-refractivity contribution in [3.05, 3.63) is 40.2 Å². The molecule has 0 atom stereocenters. The van der Waals surface area contributed by atoms with Crippen LogP contribution in [0.4, 0.5) is 13.2 Å². The van der Waals surface area contributed by atoms with Gasteiger partial charge in [0.25, 0.3) is 0 Å². The number of nitrogens with zero attached hydrogens (tertiary/aromatic N) is 2. The summed E-state index contributed by atoms with van der Waals surface area (Å²) in [6.07, 6.45) is -4.82. The number of phenolic OH excluding ortho intramolecular Hbond substituents is 1. The Morgan fingerprint density at radius 1 is 1.17 bits per heavy atom. The summed E-state index contributed by atoms with van der Waals surface area (Å²) in [4.78, 5) is 14.8. The van der Waals surface area contributed by atoms with Crippen LogP contribution >= 0.6 is 0 Å². The molecule has 6 nitrogen and oxygen atoms in total. The Hall–Kier alpha value is -2.97. The number of benzene rings is 1. The Morgan fingerprint density at radius 2 is 1.78 bits per heavy atom. The molecular formula is C14H10F3N3O3. The molecule has 2 aromatic heterocycles. The number of nitrogens with one attached hydrogen (secondary N) is 1. The average Bonchev–Trinajstić information content (AvgIpc) is 2.81. The van der Waals surface area contributed by atoms with Crippen LogP contribution in [0.2, 0.25) is 0 Å². The first-order chi connectivity index (χ1) is 10.7. The van der Waals surface area contributed by atoms with Gasteiger partial charge in [-0.15, -0.1) is 0 Å². The SMILES string of the molecule is Cn1nc(C(F)(F)F)c2c(=O)c(O)c(-c3ccc(O)cc3)[nH]c21. The van der Waals surface area contributed by atoms with Gasteiger partial charge in [-0.2, -0.15) is 18.3 Å². The molecule has 0 amide bonds. The van der Waals surface area contributed by atoms with E-state index < -0.39 is 28.4 Å². The number of aryl methyl sites for hydroxylation is 1. The number of fused-ring (bicyclic) bond motifs is 1. The van der Waals surface area contributed by atoms with E-state index in [0.717, 1.165) is 4.68 Å². The molecule has 2 heterocycles. The normalized spacial score (nSPS) is 12.0. The molecule has 3 rings (SSSR count). The Kier molecular flexibility index (Phi) is 3.10. The first-order valence-corrected chi connectivity index (χ1v) is 6.38. The molecule has 9 heteroatoms. The molecule has 0 saturated heterocycles. The van der Waals surface area contributed by atoms with Gasteiger partial charge in [-0.1, -0.05) is 0 Å². The van der Waals surface area contributed by atoms with Crippen LogP contribution in [0.25, 0.3) is 22.3 Å². The third kappa shape index (κ3) is 2.30. The third-order valence-corrected chi connectivity index (χ3v) is 3.39. The summed E-state index contributed by atoms with van der Waals surface area (Å²) >= 11 is 0. The third-order valence-electron chi connectivity index (χ3n) is 3.39. The monoisotopic (exact) mass is 325 g/mol. The number of rotatable bonds is 1. The quantitative estimate of drug-likeness (QED) is 0.640. The number of H-pyrrole nitrogens is 1. The topological polar surface area (TPSA) is 91.1 Å². The molecule has 120 valence electrons. The number of halogens is 3. The second kappa shape index (κ2) is 4.77. The fourth-order valence-corrected chi connectivity index (χ4v) is 2.33. The summed E-state index contributed by atoms with van der Waals surface area (Å²) in [7, 11) is 1.26. The van der Waals surface area contributed by atoms with Gasteiger partial charge in [-0.05, 0) is 24.3 Å². The van der Waals surface area contributed by atoms with Crippen molar-refractivity contribution in [3.63, 3.8) is 0 Å². The van der Waals surface area contributed by atoms with Crippen LogP contribution in [-0.4, -0.2) is 25.0 Å². The van der Waals surface area contributed by atoms with E-state index in [-0.39, 0.29) is 17.1 Å². The zero-order valence-corrected chi connectivity index (χ0v) is 11.6. The molecular weight excluding hydrogens is 315 g/mol. The van der Waals surface area contributed by atoms with Crippen LogP contribution in [0.1, 0.15) is 5.69 Å². The van der Waals surface area contributed by atoms with Crippen LogP contribution in [0.15, 0.2) is 29.1 Å². The second-order valence-corrected chi connectivity index (χ2v) is 4.92. The fraction of sp³-hybridized carbons (Fsp3) is 0.143. The van der Waals surface area contributed by atoms with E-state index in [1.54, 1.807) is 0 Å². The van der Waals surface area contributed by atoms with Gasteiger partial charge in [0, 0.05) is 12.6 Å². The Bertz CT molecular complexity index is 956. The molecule has 3 N–H and O–H groups in total. The summed E-state index contributed by atoms with van der Waals surface area (Å²) in [5.74, 6) is -0.877. The number of phenols is 1. The average molecular weight is 325 g/mol. The summed E-state index contributed by atoms with van der Waals surface area (Å²) in [5.41, 5.74) is -2.41. The molecule has 23 heavy (non-hydrogen) atoms. The van der Waals surface area contributed by atoms with Crippen LogP contribution in [0.5, 0.6) is 11.5 Å². The highest BCUT2D eigenvalue weighted by Gasteiger charge is 2.38. The first-order valence-electron chi connectivity index (χ1n) is 6.38. The predicted molar refractivity (Wildman–Crippen MR) is 75.1 cm³/mol. The van der Waals surface area contributed by atoms with Gasteiger partial charge >= 0.3 is 6.18 Å². The molecule has 0 bridgehead atoms. The van der Waals surface area contributed by atoms with Crippen molar-refractivity contribution in [2.75, 3.05) is 0 Å². The van der Waals surface area contributed by atoms with Crippen molar-refractivity contribution in [2.24, 2.45) is 7.05 Å². The van der Waals surface area contributed by atoms with E-state index >= 15 is 0 Å². The summed E-state index contributed by atoms with van der Waals surface area (Å²) in [5, 5.41) is 21.9. The molecule has 0 saturated carbocycles. The lowest BCUT2D eigenvalue weighted by atomic mass is 10.1. The maximum atomic E-state index is 13.0. The number of aromatic nitrogens is 3. The van der Waals surface area contributed by atoms with E-state index in [1.165, 1.54) is 31.3 Å². The molecule has 0 spiro atoms. The van der Waals surface area contributed by atoms with Crippen LogP contribution in [0.3, 0.4) is 0 Å². The number of hydrogen-bond acceptors (Lipinski definition) is 4. The van der Waals surface area contributed by atoms with Gasteiger partial charge < -0.3 is 15.2 Å². The van der Waals surface area contributed by atoms with Crippen molar-refractivity contribution < 1.29 is 23.4 Å². The summed E-state index contributed by atoms with van der Waals surface area (Å²) in [6, 6.07) is 5.46. The number of aromatic amines is 1. The molecule has 0 aliphatic rings. The van der Waals surface area contributed by atoms with Gasteiger partial charge in [0.15, 0.2) is 11.4 Å². The molecule has 0 fully saturated rings. The van der Waals surface area contributed by atoms with E-state index in [4.69, 9.17) is 0 Å². The maximum Gasteiger partial charge on any atom is 0.435 e. The van der Waals surface area contributed by atoms with Gasteiger partial charge in [0.05, 0.1) is 5.69 Å². The summed E-state index contributed by atoms with van der Waals surface area (Å²) in [6.45, 7) is 0. The lowest BCUT2D eigenvalue weighted by molar-refractivity contribution is -0.140. The zero-order valence-electron chi connectivity index (χ0n) is 11.6. The molecule has 0 aliphatic heterocycles. The van der Waals surface area contributed by atoms with E-state index in [1.807, 2.05) is 0 Å². The van der Waals surface area contributed by atoms with Crippen LogP contribution in [-0.2, 0) is 13.2 Å². The minimum Gasteiger partial charge on any atom is -0.508 e. The van der Waals surface area contributed by atoms with Crippen LogP contribution < -0.4 is 5.43 Å². The molecule has 0 unspecified atom stereocenters.